The van der Waals surface area contributed by atoms with Gasteiger partial charge in [-0.3, -0.25) is 0 Å². The van der Waals surface area contributed by atoms with Crippen LogP contribution in [0, 0.1) is 9.39 Å². The van der Waals surface area contributed by atoms with E-state index in [1.54, 1.807) is 22.6 Å². The highest BCUT2D eigenvalue weighted by atomic mass is 127. The molecule has 1 aromatic rings. The van der Waals surface area contributed by atoms with Gasteiger partial charge in [0.15, 0.2) is 0 Å². The van der Waals surface area contributed by atoms with Crippen molar-refractivity contribution in [2.24, 2.45) is 0 Å². The van der Waals surface area contributed by atoms with E-state index in [0.717, 1.165) is 0 Å². The van der Waals surface area contributed by atoms with Gasteiger partial charge in [-0.25, -0.2) is 4.39 Å². The number of aliphatic hydroxyl groups excluding tert-OH is 1. The lowest BCUT2D eigenvalue weighted by Gasteiger charge is -2.13. The lowest BCUT2D eigenvalue weighted by atomic mass is 10.1. The minimum Gasteiger partial charge on any atom is -0.389 e. The smallest absolute Gasteiger partial charge is 0.389 e. The average Bonchev–Trinajstić information content (AvgIpc) is 2.06. The van der Waals surface area contributed by atoms with Crippen LogP contribution in [0.4, 0.5) is 17.6 Å². The van der Waals surface area contributed by atoms with E-state index in [4.69, 9.17) is 5.11 Å². The second-order valence-electron chi connectivity index (χ2n) is 3.03. The topological polar surface area (TPSA) is 20.2 Å². The highest BCUT2D eigenvalue weighted by molar-refractivity contribution is 14.1. The molecule has 1 atom stereocenters. The quantitative estimate of drug-likeness (QED) is 0.616. The summed E-state index contributed by atoms with van der Waals surface area (Å²) in [5.41, 5.74) is -1.68. The van der Waals surface area contributed by atoms with Crippen LogP contribution in [0.3, 0.4) is 0 Å². The molecule has 0 amide bonds. The fraction of sp³-hybridized carbons (Fsp3) is 0.333. The van der Waals surface area contributed by atoms with Gasteiger partial charge in [-0.2, -0.15) is 13.2 Å². The van der Waals surface area contributed by atoms with Crippen LogP contribution in [0.1, 0.15) is 24.2 Å². The van der Waals surface area contributed by atoms with Crippen molar-refractivity contribution in [3.05, 3.63) is 32.6 Å². The van der Waals surface area contributed by atoms with E-state index in [0.29, 0.717) is 6.07 Å². The highest BCUT2D eigenvalue weighted by Crippen LogP contribution is 2.35. The highest BCUT2D eigenvalue weighted by Gasteiger charge is 2.35. The van der Waals surface area contributed by atoms with Crippen LogP contribution in [0.5, 0.6) is 0 Å². The summed E-state index contributed by atoms with van der Waals surface area (Å²) in [6.45, 7) is 1.22. The minimum absolute atomic E-state index is 0.234. The standard InChI is InChI=1S/C9H7F4IO/c1-4(15)6-2-5(14)3-7(8(6)10)9(11,12)13/h2-4,15H,1H3. The van der Waals surface area contributed by atoms with Crippen molar-refractivity contribution >= 4 is 22.6 Å². The Hall–Kier alpha value is -0.370. The molecule has 0 saturated heterocycles. The molecule has 0 aliphatic heterocycles. The van der Waals surface area contributed by atoms with Gasteiger partial charge in [-0.15, -0.1) is 0 Å². The maximum atomic E-state index is 13.3. The molecule has 0 aliphatic rings. The Bertz CT molecular complexity index is 373. The van der Waals surface area contributed by atoms with E-state index in [-0.39, 0.29) is 9.13 Å². The van der Waals surface area contributed by atoms with E-state index in [2.05, 4.69) is 0 Å². The predicted octanol–water partition coefficient (Wildman–Crippen LogP) is 3.50. The summed E-state index contributed by atoms with van der Waals surface area (Å²) in [7, 11) is 0. The minimum atomic E-state index is -4.74. The Morgan fingerprint density at radius 2 is 1.87 bits per heavy atom. The largest absolute Gasteiger partial charge is 0.419 e. The number of aliphatic hydroxyl groups is 1. The molecule has 1 aromatic carbocycles. The van der Waals surface area contributed by atoms with Gasteiger partial charge >= 0.3 is 6.18 Å². The third-order valence-corrected chi connectivity index (χ3v) is 2.44. The van der Waals surface area contributed by atoms with Gasteiger partial charge in [-0.05, 0) is 41.6 Å². The van der Waals surface area contributed by atoms with Crippen molar-refractivity contribution < 1.29 is 22.7 Å². The Morgan fingerprint density at radius 3 is 2.27 bits per heavy atom. The maximum absolute atomic E-state index is 13.3. The summed E-state index contributed by atoms with van der Waals surface area (Å²) in [5, 5.41) is 9.11. The molecule has 0 aromatic heterocycles. The summed E-state index contributed by atoms with van der Waals surface area (Å²) < 4.78 is 50.6. The number of alkyl halides is 3. The van der Waals surface area contributed by atoms with Crippen LogP contribution >= 0.6 is 22.6 Å². The number of benzene rings is 1. The van der Waals surface area contributed by atoms with Crippen molar-refractivity contribution in [1.29, 1.82) is 0 Å². The zero-order valence-electron chi connectivity index (χ0n) is 7.57. The zero-order chi connectivity index (χ0) is 11.8. The zero-order valence-corrected chi connectivity index (χ0v) is 9.73. The van der Waals surface area contributed by atoms with Crippen LogP contribution in [0.25, 0.3) is 0 Å². The summed E-state index contributed by atoms with van der Waals surface area (Å²) in [6.07, 6.45) is -6.00. The molecule has 0 spiro atoms. The Kier molecular flexibility index (Phi) is 3.59. The molecule has 15 heavy (non-hydrogen) atoms. The lowest BCUT2D eigenvalue weighted by molar-refractivity contribution is -0.140. The third kappa shape index (κ3) is 2.81. The van der Waals surface area contributed by atoms with Crippen LogP contribution in [-0.4, -0.2) is 5.11 Å². The first-order chi connectivity index (χ1) is 6.73. The van der Waals surface area contributed by atoms with E-state index >= 15 is 0 Å². The predicted molar refractivity (Wildman–Crippen MR) is 54.8 cm³/mol. The lowest BCUT2D eigenvalue weighted by Crippen LogP contribution is -2.11. The maximum Gasteiger partial charge on any atom is 0.419 e. The van der Waals surface area contributed by atoms with Crippen molar-refractivity contribution in [2.75, 3.05) is 0 Å². The molecule has 0 heterocycles. The Labute approximate surface area is 97.2 Å². The summed E-state index contributed by atoms with van der Waals surface area (Å²) in [5.74, 6) is -1.40. The number of hydrogen-bond donors (Lipinski definition) is 1. The van der Waals surface area contributed by atoms with Gasteiger partial charge in [0, 0.05) is 9.13 Å². The van der Waals surface area contributed by atoms with Crippen molar-refractivity contribution in [2.45, 2.75) is 19.2 Å². The molecular formula is C9H7F4IO. The first-order valence-corrected chi connectivity index (χ1v) is 5.05. The van der Waals surface area contributed by atoms with Gasteiger partial charge in [0.1, 0.15) is 5.82 Å². The van der Waals surface area contributed by atoms with Crippen LogP contribution < -0.4 is 0 Å². The first-order valence-electron chi connectivity index (χ1n) is 3.97. The molecule has 1 unspecified atom stereocenters. The molecule has 0 saturated carbocycles. The van der Waals surface area contributed by atoms with Gasteiger partial charge in [0.25, 0.3) is 0 Å². The number of halogens is 5. The third-order valence-electron chi connectivity index (χ3n) is 1.82. The first kappa shape index (κ1) is 12.7. The second kappa shape index (κ2) is 4.25. The molecule has 0 radical (unpaired) electrons. The fourth-order valence-electron chi connectivity index (χ4n) is 1.12. The molecule has 0 fully saturated rings. The molecule has 0 bridgehead atoms. The van der Waals surface area contributed by atoms with Crippen LogP contribution in [-0.2, 0) is 6.18 Å². The molecular weight excluding hydrogens is 327 g/mol. The Morgan fingerprint density at radius 1 is 1.33 bits per heavy atom. The van der Waals surface area contributed by atoms with E-state index in [9.17, 15) is 17.6 Å². The van der Waals surface area contributed by atoms with Gasteiger partial charge in [0.05, 0.1) is 11.7 Å². The Balaban J connectivity index is 3.42. The molecule has 84 valence electrons. The van der Waals surface area contributed by atoms with Crippen molar-refractivity contribution in [1.82, 2.24) is 0 Å². The van der Waals surface area contributed by atoms with Crippen molar-refractivity contribution in [3.8, 4) is 0 Å². The normalized spacial score (nSPS) is 14.1. The number of rotatable bonds is 1. The molecule has 6 heteroatoms. The molecule has 1 rings (SSSR count). The van der Waals surface area contributed by atoms with E-state index in [1.165, 1.54) is 13.0 Å². The monoisotopic (exact) mass is 334 g/mol. The fourth-order valence-corrected chi connectivity index (χ4v) is 1.77. The number of hydrogen-bond acceptors (Lipinski definition) is 1. The van der Waals surface area contributed by atoms with E-state index < -0.39 is 23.7 Å². The molecule has 0 aliphatic carbocycles. The van der Waals surface area contributed by atoms with Crippen molar-refractivity contribution in [3.63, 3.8) is 0 Å². The molecule has 1 N–H and O–H groups in total. The SMILES string of the molecule is CC(O)c1cc(I)cc(C(F)(F)F)c1F. The van der Waals surface area contributed by atoms with Gasteiger partial charge < -0.3 is 5.11 Å². The van der Waals surface area contributed by atoms with E-state index in [1.807, 2.05) is 0 Å². The average molecular weight is 334 g/mol. The van der Waals surface area contributed by atoms with Crippen LogP contribution in [0.2, 0.25) is 0 Å². The van der Waals surface area contributed by atoms with Gasteiger partial charge in [0.2, 0.25) is 0 Å². The summed E-state index contributed by atoms with van der Waals surface area (Å²) >= 11 is 1.64. The second-order valence-corrected chi connectivity index (χ2v) is 4.28. The van der Waals surface area contributed by atoms with Gasteiger partial charge in [-0.1, -0.05) is 0 Å². The van der Waals surface area contributed by atoms with Crippen LogP contribution in [0.15, 0.2) is 12.1 Å². The summed E-state index contributed by atoms with van der Waals surface area (Å²) in [4.78, 5) is 0. The summed E-state index contributed by atoms with van der Waals surface area (Å²) in [6, 6.07) is 1.90. The molecule has 1 nitrogen and oxygen atoms in total.